The highest BCUT2D eigenvalue weighted by molar-refractivity contribution is 9.10. The quantitative estimate of drug-likeness (QED) is 0.597. The first-order chi connectivity index (χ1) is 6.72. The average Bonchev–Trinajstić information content (AvgIpc) is 2.44. The summed E-state index contributed by atoms with van der Waals surface area (Å²) in [6, 6.07) is 5.55. The van der Waals surface area contributed by atoms with Crippen LogP contribution in [0.2, 0.25) is 0 Å². The summed E-state index contributed by atoms with van der Waals surface area (Å²) in [4.78, 5) is 11.4. The lowest BCUT2D eigenvalue weighted by Crippen LogP contribution is -1.96. The van der Waals surface area contributed by atoms with Crippen molar-refractivity contribution in [3.05, 3.63) is 46.5 Å². The van der Waals surface area contributed by atoms with Crippen molar-refractivity contribution in [2.24, 2.45) is 0 Å². The van der Waals surface area contributed by atoms with Crippen molar-refractivity contribution < 1.29 is 9.53 Å². The van der Waals surface area contributed by atoms with Crippen LogP contribution in [-0.4, -0.2) is 5.97 Å². The van der Waals surface area contributed by atoms with E-state index in [1.807, 2.05) is 12.1 Å². The number of fused-ring (bicyclic) bond motifs is 1. The molecular weight excluding hydrogens is 244 g/mol. The molecule has 0 aromatic heterocycles. The summed E-state index contributed by atoms with van der Waals surface area (Å²) in [7, 11) is 0. The molecular formula is C11H9BrO2. The van der Waals surface area contributed by atoms with Crippen LogP contribution in [0.15, 0.2) is 35.3 Å². The van der Waals surface area contributed by atoms with Gasteiger partial charge in [0.25, 0.3) is 0 Å². The van der Waals surface area contributed by atoms with E-state index in [-0.39, 0.29) is 12.1 Å². The van der Waals surface area contributed by atoms with Crippen LogP contribution >= 0.6 is 15.9 Å². The van der Waals surface area contributed by atoms with Gasteiger partial charge >= 0.3 is 5.97 Å². The minimum Gasteiger partial charge on any atom is -0.454 e. The highest BCUT2D eigenvalue weighted by atomic mass is 79.9. The van der Waals surface area contributed by atoms with E-state index < -0.39 is 0 Å². The normalized spacial score (nSPS) is 18.9. The predicted octanol–water partition coefficient (Wildman–Crippen LogP) is 3.24. The molecule has 0 spiro atoms. The van der Waals surface area contributed by atoms with E-state index in [0.29, 0.717) is 12.0 Å². The molecule has 0 saturated heterocycles. The Balaban J connectivity index is 2.45. The van der Waals surface area contributed by atoms with Gasteiger partial charge in [0.1, 0.15) is 6.10 Å². The van der Waals surface area contributed by atoms with Gasteiger partial charge in [0.15, 0.2) is 0 Å². The summed E-state index contributed by atoms with van der Waals surface area (Å²) in [5, 5.41) is 0. The van der Waals surface area contributed by atoms with Gasteiger partial charge in [-0.3, -0.25) is 0 Å². The number of benzene rings is 1. The Morgan fingerprint density at radius 3 is 3.07 bits per heavy atom. The first kappa shape index (κ1) is 9.46. The van der Waals surface area contributed by atoms with Crippen LogP contribution in [0.25, 0.3) is 0 Å². The third-order valence-electron chi connectivity index (χ3n) is 2.21. The SMILES string of the molecule is C=CC[C@@H]1OC(=O)c2ccc(Br)cc21. The molecule has 14 heavy (non-hydrogen) atoms. The van der Waals surface area contributed by atoms with Gasteiger partial charge in [-0.25, -0.2) is 4.79 Å². The third kappa shape index (κ3) is 1.48. The molecule has 0 saturated carbocycles. The summed E-state index contributed by atoms with van der Waals surface area (Å²) in [6.45, 7) is 3.64. The number of halogens is 1. The third-order valence-corrected chi connectivity index (χ3v) is 2.70. The van der Waals surface area contributed by atoms with E-state index in [0.717, 1.165) is 10.0 Å². The standard InChI is InChI=1S/C11H9BrO2/c1-2-3-10-9-6-7(12)4-5-8(9)11(13)14-10/h2,4-6,10H,1,3H2/t10-/m0/s1. The maximum Gasteiger partial charge on any atom is 0.339 e. The molecule has 1 aliphatic heterocycles. The Kier molecular flexibility index (Phi) is 2.42. The van der Waals surface area contributed by atoms with E-state index in [1.165, 1.54) is 0 Å². The van der Waals surface area contributed by atoms with Gasteiger partial charge in [0.2, 0.25) is 0 Å². The first-order valence-electron chi connectivity index (χ1n) is 4.33. The van der Waals surface area contributed by atoms with Crippen LogP contribution in [0.3, 0.4) is 0 Å². The van der Waals surface area contributed by atoms with Gasteiger partial charge in [-0.05, 0) is 18.2 Å². The monoisotopic (exact) mass is 252 g/mol. The second-order valence-electron chi connectivity index (χ2n) is 3.15. The second kappa shape index (κ2) is 3.58. The van der Waals surface area contributed by atoms with Crippen LogP contribution in [-0.2, 0) is 4.74 Å². The fourth-order valence-electron chi connectivity index (χ4n) is 1.57. The zero-order chi connectivity index (χ0) is 10.1. The molecule has 0 radical (unpaired) electrons. The van der Waals surface area contributed by atoms with Crippen LogP contribution in [0.1, 0.15) is 28.4 Å². The Morgan fingerprint density at radius 1 is 1.57 bits per heavy atom. The van der Waals surface area contributed by atoms with Crippen molar-refractivity contribution in [2.75, 3.05) is 0 Å². The van der Waals surface area contributed by atoms with Crippen molar-refractivity contribution in [2.45, 2.75) is 12.5 Å². The first-order valence-corrected chi connectivity index (χ1v) is 5.13. The number of carbonyl (C=O) groups excluding carboxylic acids is 1. The zero-order valence-electron chi connectivity index (χ0n) is 7.50. The lowest BCUT2D eigenvalue weighted by atomic mass is 10.0. The van der Waals surface area contributed by atoms with Crippen molar-refractivity contribution in [1.82, 2.24) is 0 Å². The van der Waals surface area contributed by atoms with E-state index in [2.05, 4.69) is 22.5 Å². The maximum atomic E-state index is 11.4. The maximum absolute atomic E-state index is 11.4. The average molecular weight is 253 g/mol. The summed E-state index contributed by atoms with van der Waals surface area (Å²) in [5.74, 6) is -0.237. The number of cyclic esters (lactones) is 1. The summed E-state index contributed by atoms with van der Waals surface area (Å²) in [5.41, 5.74) is 1.62. The number of hydrogen-bond donors (Lipinski definition) is 0. The highest BCUT2D eigenvalue weighted by Crippen LogP contribution is 2.34. The Bertz CT molecular complexity index is 398. The topological polar surface area (TPSA) is 26.3 Å². The van der Waals surface area contributed by atoms with Crippen LogP contribution in [0, 0.1) is 0 Å². The van der Waals surface area contributed by atoms with Crippen molar-refractivity contribution in [3.8, 4) is 0 Å². The Labute approximate surface area is 90.7 Å². The Morgan fingerprint density at radius 2 is 2.36 bits per heavy atom. The molecule has 0 amide bonds. The number of hydrogen-bond acceptors (Lipinski definition) is 2. The summed E-state index contributed by atoms with van der Waals surface area (Å²) in [6.07, 6.45) is 2.26. The van der Waals surface area contributed by atoms with Gasteiger partial charge in [-0.1, -0.05) is 22.0 Å². The van der Waals surface area contributed by atoms with Crippen molar-refractivity contribution in [1.29, 1.82) is 0 Å². The lowest BCUT2D eigenvalue weighted by molar-refractivity contribution is 0.0392. The zero-order valence-corrected chi connectivity index (χ0v) is 9.08. The fourth-order valence-corrected chi connectivity index (χ4v) is 1.95. The molecule has 0 N–H and O–H groups in total. The molecule has 2 rings (SSSR count). The molecule has 0 aliphatic carbocycles. The van der Waals surface area contributed by atoms with Gasteiger partial charge in [-0.2, -0.15) is 0 Å². The number of ether oxygens (including phenoxy) is 1. The van der Waals surface area contributed by atoms with Crippen LogP contribution in [0.5, 0.6) is 0 Å². The number of carbonyl (C=O) groups is 1. The fraction of sp³-hybridized carbons (Fsp3) is 0.182. The molecule has 1 aromatic rings. The molecule has 72 valence electrons. The van der Waals surface area contributed by atoms with E-state index in [4.69, 9.17) is 4.74 Å². The van der Waals surface area contributed by atoms with Gasteiger partial charge in [0.05, 0.1) is 5.56 Å². The number of esters is 1. The molecule has 1 aromatic carbocycles. The smallest absolute Gasteiger partial charge is 0.339 e. The van der Waals surface area contributed by atoms with E-state index >= 15 is 0 Å². The van der Waals surface area contributed by atoms with Gasteiger partial charge in [-0.15, -0.1) is 6.58 Å². The van der Waals surface area contributed by atoms with Crippen LogP contribution in [0.4, 0.5) is 0 Å². The molecule has 0 fully saturated rings. The van der Waals surface area contributed by atoms with Gasteiger partial charge < -0.3 is 4.74 Å². The minimum atomic E-state index is -0.237. The molecule has 1 atom stereocenters. The van der Waals surface area contributed by atoms with Crippen molar-refractivity contribution in [3.63, 3.8) is 0 Å². The molecule has 2 nitrogen and oxygen atoms in total. The van der Waals surface area contributed by atoms with Crippen LogP contribution < -0.4 is 0 Å². The lowest BCUT2D eigenvalue weighted by Gasteiger charge is -2.06. The summed E-state index contributed by atoms with van der Waals surface area (Å²) < 4.78 is 6.16. The molecule has 0 unspecified atom stereocenters. The highest BCUT2D eigenvalue weighted by Gasteiger charge is 2.29. The molecule has 0 bridgehead atoms. The second-order valence-corrected chi connectivity index (χ2v) is 4.07. The Hall–Kier alpha value is -1.09. The molecule has 1 aliphatic rings. The molecule has 3 heteroatoms. The largest absolute Gasteiger partial charge is 0.454 e. The molecule has 1 heterocycles. The minimum absolute atomic E-state index is 0.160. The van der Waals surface area contributed by atoms with E-state index in [1.54, 1.807) is 12.1 Å². The van der Waals surface area contributed by atoms with E-state index in [9.17, 15) is 4.79 Å². The number of rotatable bonds is 2. The van der Waals surface area contributed by atoms with Crippen molar-refractivity contribution >= 4 is 21.9 Å². The predicted molar refractivity (Wildman–Crippen MR) is 57.1 cm³/mol. The summed E-state index contributed by atoms with van der Waals surface area (Å²) >= 11 is 3.37. The van der Waals surface area contributed by atoms with Gasteiger partial charge in [0, 0.05) is 16.5 Å².